The maximum absolute atomic E-state index is 10.6. The van der Waals surface area contributed by atoms with Crippen LogP contribution in [0.2, 0.25) is 0 Å². The first-order chi connectivity index (χ1) is 5.64. The standard InChI is InChI=1S/C8H12O4/c1-3-7(11)12-8(4-2,5-9)6-10/h1,9-10H,4-6H2,2H3. The third-order valence-corrected chi connectivity index (χ3v) is 1.65. The Morgan fingerprint density at radius 1 is 1.58 bits per heavy atom. The number of aliphatic hydroxyl groups excluding tert-OH is 2. The van der Waals surface area contributed by atoms with Gasteiger partial charge in [-0.05, 0) is 6.42 Å². The third kappa shape index (κ3) is 2.53. The molecule has 0 spiro atoms. The number of carbonyl (C=O) groups excluding carboxylic acids is 1. The van der Waals surface area contributed by atoms with E-state index in [0.29, 0.717) is 6.42 Å². The first kappa shape index (κ1) is 11.0. The van der Waals surface area contributed by atoms with Crippen molar-refractivity contribution in [2.45, 2.75) is 18.9 Å². The Bertz CT molecular complexity index is 179. The van der Waals surface area contributed by atoms with E-state index in [4.69, 9.17) is 16.6 Å². The highest BCUT2D eigenvalue weighted by atomic mass is 16.6. The van der Waals surface area contributed by atoms with E-state index in [2.05, 4.69) is 4.74 Å². The summed E-state index contributed by atoms with van der Waals surface area (Å²) in [5.74, 6) is 0.865. The summed E-state index contributed by atoms with van der Waals surface area (Å²) in [6.07, 6.45) is 5.07. The molecule has 0 bridgehead atoms. The Morgan fingerprint density at radius 3 is 2.33 bits per heavy atom. The maximum atomic E-state index is 10.6. The molecule has 0 heterocycles. The zero-order valence-electron chi connectivity index (χ0n) is 6.91. The van der Waals surface area contributed by atoms with Gasteiger partial charge in [0, 0.05) is 5.92 Å². The molecule has 0 atom stereocenters. The van der Waals surface area contributed by atoms with Gasteiger partial charge < -0.3 is 14.9 Å². The Balaban J connectivity index is 4.32. The molecule has 0 rings (SSSR count). The van der Waals surface area contributed by atoms with Crippen molar-refractivity contribution in [1.29, 1.82) is 0 Å². The number of hydrogen-bond acceptors (Lipinski definition) is 4. The van der Waals surface area contributed by atoms with Gasteiger partial charge in [0.25, 0.3) is 0 Å². The number of hydrogen-bond donors (Lipinski definition) is 2. The number of ether oxygens (including phenoxy) is 1. The molecule has 0 saturated heterocycles. The van der Waals surface area contributed by atoms with Crippen LogP contribution in [0.25, 0.3) is 0 Å². The zero-order valence-corrected chi connectivity index (χ0v) is 6.91. The number of carbonyl (C=O) groups is 1. The topological polar surface area (TPSA) is 66.8 Å². The van der Waals surface area contributed by atoms with Crippen LogP contribution in [0, 0.1) is 12.3 Å². The minimum atomic E-state index is -1.23. The lowest BCUT2D eigenvalue weighted by Gasteiger charge is -2.26. The summed E-state index contributed by atoms with van der Waals surface area (Å²) in [4.78, 5) is 10.6. The normalized spacial score (nSPS) is 10.5. The average molecular weight is 172 g/mol. The molecule has 0 aromatic carbocycles. The molecule has 68 valence electrons. The van der Waals surface area contributed by atoms with E-state index >= 15 is 0 Å². The van der Waals surface area contributed by atoms with Crippen molar-refractivity contribution in [3.63, 3.8) is 0 Å². The van der Waals surface area contributed by atoms with E-state index in [9.17, 15) is 4.79 Å². The van der Waals surface area contributed by atoms with E-state index in [-0.39, 0.29) is 0 Å². The van der Waals surface area contributed by atoms with Gasteiger partial charge in [0.05, 0.1) is 13.2 Å². The molecule has 0 aliphatic rings. The first-order valence-corrected chi connectivity index (χ1v) is 3.55. The summed E-state index contributed by atoms with van der Waals surface area (Å²) in [7, 11) is 0. The summed E-state index contributed by atoms with van der Waals surface area (Å²) >= 11 is 0. The smallest absolute Gasteiger partial charge is 0.384 e. The van der Waals surface area contributed by atoms with Crippen LogP contribution in [0.3, 0.4) is 0 Å². The maximum Gasteiger partial charge on any atom is 0.384 e. The minimum absolute atomic E-state index is 0.313. The van der Waals surface area contributed by atoms with Crippen molar-refractivity contribution >= 4 is 5.97 Å². The third-order valence-electron chi connectivity index (χ3n) is 1.65. The number of rotatable bonds is 4. The molecule has 0 aliphatic heterocycles. The highest BCUT2D eigenvalue weighted by Gasteiger charge is 2.30. The van der Waals surface area contributed by atoms with Crippen molar-refractivity contribution in [3.8, 4) is 12.3 Å². The molecule has 0 unspecified atom stereocenters. The first-order valence-electron chi connectivity index (χ1n) is 3.55. The molecule has 2 N–H and O–H groups in total. The molecule has 0 radical (unpaired) electrons. The molecule has 0 amide bonds. The molecule has 0 saturated carbocycles. The van der Waals surface area contributed by atoms with Crippen molar-refractivity contribution in [2.24, 2.45) is 0 Å². The van der Waals surface area contributed by atoms with Gasteiger partial charge in [-0.25, -0.2) is 4.79 Å². The van der Waals surface area contributed by atoms with Crippen LogP contribution in [0.5, 0.6) is 0 Å². The fourth-order valence-electron chi connectivity index (χ4n) is 0.636. The van der Waals surface area contributed by atoms with Crippen LogP contribution < -0.4 is 0 Å². The molecule has 0 aliphatic carbocycles. The second-order valence-electron chi connectivity index (χ2n) is 2.39. The summed E-state index contributed by atoms with van der Waals surface area (Å²) in [5.41, 5.74) is -1.23. The lowest BCUT2D eigenvalue weighted by Crippen LogP contribution is -2.41. The Hall–Kier alpha value is -1.05. The van der Waals surface area contributed by atoms with Crippen LogP contribution in [0.15, 0.2) is 0 Å². The van der Waals surface area contributed by atoms with Gasteiger partial charge in [0.15, 0.2) is 5.60 Å². The van der Waals surface area contributed by atoms with Gasteiger partial charge in [-0.3, -0.25) is 0 Å². The number of terminal acetylenes is 1. The molecule has 0 aromatic rings. The second kappa shape index (κ2) is 4.75. The van der Waals surface area contributed by atoms with Crippen LogP contribution in [0.1, 0.15) is 13.3 Å². The van der Waals surface area contributed by atoms with Crippen molar-refractivity contribution in [1.82, 2.24) is 0 Å². The summed E-state index contributed by atoms with van der Waals surface area (Å²) in [6, 6.07) is 0. The fourth-order valence-corrected chi connectivity index (χ4v) is 0.636. The van der Waals surface area contributed by atoms with Gasteiger partial charge in [-0.1, -0.05) is 6.92 Å². The van der Waals surface area contributed by atoms with Gasteiger partial charge in [0.1, 0.15) is 0 Å². The van der Waals surface area contributed by atoms with Crippen molar-refractivity contribution in [2.75, 3.05) is 13.2 Å². The number of esters is 1. The zero-order chi connectivity index (χ0) is 9.61. The van der Waals surface area contributed by atoms with Gasteiger partial charge in [-0.15, -0.1) is 6.42 Å². The summed E-state index contributed by atoms with van der Waals surface area (Å²) in [5, 5.41) is 17.6. The average Bonchev–Trinajstić information content (AvgIpc) is 2.14. The van der Waals surface area contributed by atoms with Gasteiger partial charge in [-0.2, -0.15) is 0 Å². The lowest BCUT2D eigenvalue weighted by atomic mass is 10.0. The highest BCUT2D eigenvalue weighted by molar-refractivity contribution is 5.88. The molecule has 0 aromatic heterocycles. The molecule has 0 fully saturated rings. The Kier molecular flexibility index (Phi) is 4.34. The fraction of sp³-hybridized carbons (Fsp3) is 0.625. The predicted molar refractivity (Wildman–Crippen MR) is 42.1 cm³/mol. The highest BCUT2D eigenvalue weighted by Crippen LogP contribution is 2.14. The van der Waals surface area contributed by atoms with E-state index in [1.54, 1.807) is 12.8 Å². The Labute approximate surface area is 71.2 Å². The lowest BCUT2D eigenvalue weighted by molar-refractivity contribution is -0.163. The quantitative estimate of drug-likeness (QED) is 0.334. The predicted octanol–water partition coefficient (Wildman–Crippen LogP) is -0.704. The van der Waals surface area contributed by atoms with Crippen LogP contribution in [-0.2, 0) is 9.53 Å². The molecule has 12 heavy (non-hydrogen) atoms. The van der Waals surface area contributed by atoms with E-state index in [1.807, 2.05) is 0 Å². The van der Waals surface area contributed by atoms with Crippen molar-refractivity contribution < 1.29 is 19.7 Å². The molecule has 4 nitrogen and oxygen atoms in total. The molecule has 4 heteroatoms. The minimum Gasteiger partial charge on any atom is -0.445 e. The summed E-state index contributed by atoms with van der Waals surface area (Å²) in [6.45, 7) is 0.803. The number of aliphatic hydroxyl groups is 2. The monoisotopic (exact) mass is 172 g/mol. The molecular weight excluding hydrogens is 160 g/mol. The van der Waals surface area contributed by atoms with Gasteiger partial charge in [0.2, 0.25) is 0 Å². The van der Waals surface area contributed by atoms with Crippen LogP contribution in [-0.4, -0.2) is 35.0 Å². The van der Waals surface area contributed by atoms with Crippen LogP contribution in [0.4, 0.5) is 0 Å². The van der Waals surface area contributed by atoms with E-state index in [0.717, 1.165) is 0 Å². The largest absolute Gasteiger partial charge is 0.445 e. The van der Waals surface area contributed by atoms with E-state index < -0.39 is 24.8 Å². The summed E-state index contributed by atoms with van der Waals surface area (Å²) < 4.78 is 4.66. The van der Waals surface area contributed by atoms with E-state index in [1.165, 1.54) is 0 Å². The SMILES string of the molecule is C#CC(=O)OC(CC)(CO)CO. The van der Waals surface area contributed by atoms with Crippen molar-refractivity contribution in [3.05, 3.63) is 0 Å². The van der Waals surface area contributed by atoms with Crippen LogP contribution >= 0.6 is 0 Å². The van der Waals surface area contributed by atoms with Gasteiger partial charge >= 0.3 is 5.97 Å². The second-order valence-corrected chi connectivity index (χ2v) is 2.39. The molecular formula is C8H12O4. The Morgan fingerprint density at radius 2 is 2.08 bits per heavy atom.